The number of halogens is 1. The Balaban J connectivity index is 2.46. The standard InChI is InChI=1S/C12H13ClO4/c1-12(2,5-9(14)15)7-3-4-8(13)11-10(7)16-6-17-11/h3-4H,5-6H2,1-2H3,(H,14,15). The molecule has 92 valence electrons. The zero-order valence-corrected chi connectivity index (χ0v) is 10.4. The van der Waals surface area contributed by atoms with Crippen molar-refractivity contribution < 1.29 is 19.4 Å². The zero-order valence-electron chi connectivity index (χ0n) is 9.62. The fraction of sp³-hybridized carbons (Fsp3) is 0.417. The van der Waals surface area contributed by atoms with Crippen LogP contribution in [0, 0.1) is 0 Å². The van der Waals surface area contributed by atoms with E-state index in [1.54, 1.807) is 12.1 Å². The Morgan fingerprint density at radius 1 is 1.41 bits per heavy atom. The highest BCUT2D eigenvalue weighted by Crippen LogP contribution is 2.46. The molecule has 0 saturated carbocycles. The first kappa shape index (κ1) is 12.0. The minimum atomic E-state index is -0.849. The van der Waals surface area contributed by atoms with Gasteiger partial charge in [0.05, 0.1) is 11.4 Å². The third-order valence-corrected chi connectivity index (χ3v) is 3.09. The number of hydrogen-bond donors (Lipinski definition) is 1. The third-order valence-electron chi connectivity index (χ3n) is 2.79. The van der Waals surface area contributed by atoms with Gasteiger partial charge in [-0.15, -0.1) is 0 Å². The second-order valence-electron chi connectivity index (χ2n) is 4.61. The van der Waals surface area contributed by atoms with E-state index in [-0.39, 0.29) is 13.2 Å². The van der Waals surface area contributed by atoms with Crippen LogP contribution in [-0.2, 0) is 10.2 Å². The van der Waals surface area contributed by atoms with Gasteiger partial charge in [-0.3, -0.25) is 4.79 Å². The van der Waals surface area contributed by atoms with Gasteiger partial charge < -0.3 is 14.6 Å². The Hall–Kier alpha value is -1.42. The van der Waals surface area contributed by atoms with Crippen molar-refractivity contribution in [1.29, 1.82) is 0 Å². The van der Waals surface area contributed by atoms with Crippen molar-refractivity contribution in [1.82, 2.24) is 0 Å². The van der Waals surface area contributed by atoms with Crippen LogP contribution >= 0.6 is 11.6 Å². The molecule has 0 aromatic heterocycles. The van der Waals surface area contributed by atoms with E-state index in [4.69, 9.17) is 26.2 Å². The number of fused-ring (bicyclic) bond motifs is 1. The summed E-state index contributed by atoms with van der Waals surface area (Å²) >= 11 is 5.98. The van der Waals surface area contributed by atoms with Crippen molar-refractivity contribution in [2.24, 2.45) is 0 Å². The first-order valence-electron chi connectivity index (χ1n) is 5.22. The molecule has 1 heterocycles. The van der Waals surface area contributed by atoms with Crippen LogP contribution in [-0.4, -0.2) is 17.9 Å². The summed E-state index contributed by atoms with van der Waals surface area (Å²) in [6, 6.07) is 3.49. The summed E-state index contributed by atoms with van der Waals surface area (Å²) in [5, 5.41) is 9.39. The summed E-state index contributed by atoms with van der Waals surface area (Å²) in [5.74, 6) is 0.212. The van der Waals surface area contributed by atoms with Crippen LogP contribution in [0.4, 0.5) is 0 Å². The number of aliphatic carboxylic acids is 1. The van der Waals surface area contributed by atoms with Crippen LogP contribution in [0.2, 0.25) is 5.02 Å². The van der Waals surface area contributed by atoms with Crippen LogP contribution in [0.1, 0.15) is 25.8 Å². The van der Waals surface area contributed by atoms with Gasteiger partial charge in [0.2, 0.25) is 6.79 Å². The van der Waals surface area contributed by atoms with E-state index < -0.39 is 11.4 Å². The molecule has 2 rings (SSSR count). The predicted octanol–water partition coefficient (Wildman–Crippen LogP) is 2.82. The van der Waals surface area contributed by atoms with Crippen LogP contribution in [0.3, 0.4) is 0 Å². The van der Waals surface area contributed by atoms with E-state index in [2.05, 4.69) is 0 Å². The molecular formula is C12H13ClO4. The van der Waals surface area contributed by atoms with Crippen molar-refractivity contribution in [2.75, 3.05) is 6.79 Å². The minimum absolute atomic E-state index is 0.0183. The first-order chi connectivity index (χ1) is 7.92. The minimum Gasteiger partial charge on any atom is -0.481 e. The Kier molecular flexibility index (Phi) is 2.91. The summed E-state index contributed by atoms with van der Waals surface area (Å²) < 4.78 is 10.6. The second-order valence-corrected chi connectivity index (χ2v) is 5.02. The number of rotatable bonds is 3. The average Bonchev–Trinajstić information content (AvgIpc) is 2.64. The monoisotopic (exact) mass is 256 g/mol. The number of carbonyl (C=O) groups is 1. The molecule has 1 N–H and O–H groups in total. The fourth-order valence-corrected chi connectivity index (χ4v) is 2.17. The van der Waals surface area contributed by atoms with Gasteiger partial charge in [0.15, 0.2) is 11.5 Å². The fourth-order valence-electron chi connectivity index (χ4n) is 1.97. The van der Waals surface area contributed by atoms with Gasteiger partial charge in [-0.1, -0.05) is 31.5 Å². The molecule has 1 aliphatic rings. The molecule has 0 aliphatic carbocycles. The maximum absolute atomic E-state index is 10.9. The summed E-state index contributed by atoms with van der Waals surface area (Å²) in [5.41, 5.74) is 0.269. The van der Waals surface area contributed by atoms with Crippen molar-refractivity contribution in [3.05, 3.63) is 22.7 Å². The lowest BCUT2D eigenvalue weighted by molar-refractivity contribution is -0.138. The van der Waals surface area contributed by atoms with Gasteiger partial charge in [0, 0.05) is 11.0 Å². The molecule has 0 fully saturated rings. The van der Waals surface area contributed by atoms with Crippen molar-refractivity contribution in [3.8, 4) is 11.5 Å². The lowest BCUT2D eigenvalue weighted by Crippen LogP contribution is -2.22. The second kappa shape index (κ2) is 4.11. The Labute approximate surface area is 104 Å². The SMILES string of the molecule is CC(C)(CC(=O)O)c1ccc(Cl)c2c1OCO2. The van der Waals surface area contributed by atoms with Crippen LogP contribution in [0.5, 0.6) is 11.5 Å². The Morgan fingerprint density at radius 3 is 2.71 bits per heavy atom. The van der Waals surface area contributed by atoms with Gasteiger partial charge in [-0.25, -0.2) is 0 Å². The molecule has 4 nitrogen and oxygen atoms in total. The molecule has 0 spiro atoms. The van der Waals surface area contributed by atoms with E-state index in [1.807, 2.05) is 13.8 Å². The molecule has 0 amide bonds. The van der Waals surface area contributed by atoms with Gasteiger partial charge in [-0.2, -0.15) is 0 Å². The van der Waals surface area contributed by atoms with E-state index >= 15 is 0 Å². The highest BCUT2D eigenvalue weighted by Gasteiger charge is 2.32. The van der Waals surface area contributed by atoms with E-state index in [1.165, 1.54) is 0 Å². The summed E-state index contributed by atoms with van der Waals surface area (Å²) in [4.78, 5) is 10.9. The van der Waals surface area contributed by atoms with Crippen LogP contribution in [0.15, 0.2) is 12.1 Å². The number of carboxylic acids is 1. The summed E-state index contributed by atoms with van der Waals surface area (Å²) in [6.45, 7) is 3.83. The summed E-state index contributed by atoms with van der Waals surface area (Å²) in [7, 11) is 0. The molecule has 1 aromatic carbocycles. The number of hydrogen-bond acceptors (Lipinski definition) is 3. The molecule has 0 atom stereocenters. The van der Waals surface area contributed by atoms with Crippen molar-refractivity contribution in [3.63, 3.8) is 0 Å². The molecule has 0 radical (unpaired) electrons. The van der Waals surface area contributed by atoms with E-state index in [0.717, 1.165) is 5.56 Å². The van der Waals surface area contributed by atoms with E-state index in [0.29, 0.717) is 16.5 Å². The molecule has 0 bridgehead atoms. The first-order valence-corrected chi connectivity index (χ1v) is 5.60. The smallest absolute Gasteiger partial charge is 0.304 e. The maximum atomic E-state index is 10.9. The number of ether oxygens (including phenoxy) is 2. The highest BCUT2D eigenvalue weighted by atomic mass is 35.5. The molecule has 1 aliphatic heterocycles. The Bertz CT molecular complexity index is 468. The lowest BCUT2D eigenvalue weighted by Gasteiger charge is -2.24. The van der Waals surface area contributed by atoms with Gasteiger partial charge in [-0.05, 0) is 6.07 Å². The van der Waals surface area contributed by atoms with Crippen molar-refractivity contribution >= 4 is 17.6 Å². The van der Waals surface area contributed by atoms with Gasteiger partial charge in [0.1, 0.15) is 0 Å². The normalized spacial score (nSPS) is 13.8. The third kappa shape index (κ3) is 2.17. The molecule has 5 heteroatoms. The van der Waals surface area contributed by atoms with Crippen molar-refractivity contribution in [2.45, 2.75) is 25.7 Å². The zero-order chi connectivity index (χ0) is 12.6. The average molecular weight is 257 g/mol. The van der Waals surface area contributed by atoms with Crippen LogP contribution < -0.4 is 9.47 Å². The highest BCUT2D eigenvalue weighted by molar-refractivity contribution is 6.32. The van der Waals surface area contributed by atoms with Gasteiger partial charge >= 0.3 is 5.97 Å². The van der Waals surface area contributed by atoms with E-state index in [9.17, 15) is 4.79 Å². The molecule has 1 aromatic rings. The number of benzene rings is 1. The topological polar surface area (TPSA) is 55.8 Å². The molecule has 17 heavy (non-hydrogen) atoms. The van der Waals surface area contributed by atoms with Gasteiger partial charge in [0.25, 0.3) is 0 Å². The van der Waals surface area contributed by atoms with Crippen LogP contribution in [0.25, 0.3) is 0 Å². The largest absolute Gasteiger partial charge is 0.481 e. The molecular weight excluding hydrogens is 244 g/mol. The molecule has 0 unspecified atom stereocenters. The number of carboxylic acid groups (broad SMARTS) is 1. The summed E-state index contributed by atoms with van der Waals surface area (Å²) in [6.07, 6.45) is 0.0183. The predicted molar refractivity (Wildman–Crippen MR) is 62.9 cm³/mol. The Morgan fingerprint density at radius 2 is 2.06 bits per heavy atom. The molecule has 0 saturated heterocycles. The quantitative estimate of drug-likeness (QED) is 0.904. The lowest BCUT2D eigenvalue weighted by atomic mass is 9.81. The maximum Gasteiger partial charge on any atom is 0.304 e.